The standard InChI is InChI=1S/C21H28N2O4S/c1-5-10-27-19-12-22-17(11-18(19)24)13-28(26)14-20(25)23-16-8-6-15(7-9-16)21(2,3)4/h6-9,11-12H,5,10,13-14H2,1-4H3,(H,22,24)(H,23,25). The number of nitrogens with one attached hydrogen (secondary N) is 2. The fourth-order valence-electron chi connectivity index (χ4n) is 2.53. The summed E-state index contributed by atoms with van der Waals surface area (Å²) in [6.45, 7) is 8.78. The second kappa shape index (κ2) is 9.68. The second-order valence-electron chi connectivity index (χ2n) is 7.64. The Kier molecular flexibility index (Phi) is 7.57. The van der Waals surface area contributed by atoms with Crippen molar-refractivity contribution in [1.29, 1.82) is 0 Å². The first-order chi connectivity index (χ1) is 13.2. The summed E-state index contributed by atoms with van der Waals surface area (Å²) in [5.74, 6) is -0.128. The molecule has 0 aliphatic rings. The Bertz CT molecular complexity index is 883. The third-order valence-corrected chi connectivity index (χ3v) is 5.26. The van der Waals surface area contributed by atoms with E-state index in [9.17, 15) is 13.8 Å². The summed E-state index contributed by atoms with van der Waals surface area (Å²) in [4.78, 5) is 27.0. The van der Waals surface area contributed by atoms with Gasteiger partial charge in [0, 0.05) is 34.4 Å². The van der Waals surface area contributed by atoms with E-state index >= 15 is 0 Å². The van der Waals surface area contributed by atoms with Crippen molar-refractivity contribution >= 4 is 22.4 Å². The molecule has 0 saturated carbocycles. The fourth-order valence-corrected chi connectivity index (χ4v) is 3.51. The smallest absolute Gasteiger partial charge is 0.237 e. The van der Waals surface area contributed by atoms with Crippen LogP contribution >= 0.6 is 0 Å². The van der Waals surface area contributed by atoms with Crippen LogP contribution in [0.15, 0.2) is 41.3 Å². The molecule has 0 spiro atoms. The number of anilines is 1. The maximum absolute atomic E-state index is 12.3. The summed E-state index contributed by atoms with van der Waals surface area (Å²) in [5, 5.41) is 2.76. The minimum absolute atomic E-state index is 0.0398. The quantitative estimate of drug-likeness (QED) is 0.706. The Morgan fingerprint density at radius 1 is 1.21 bits per heavy atom. The van der Waals surface area contributed by atoms with E-state index in [1.165, 1.54) is 17.8 Å². The van der Waals surface area contributed by atoms with Crippen molar-refractivity contribution in [2.24, 2.45) is 0 Å². The molecule has 2 rings (SSSR count). The molecule has 152 valence electrons. The van der Waals surface area contributed by atoms with Gasteiger partial charge in [0.15, 0.2) is 5.75 Å². The van der Waals surface area contributed by atoms with Crippen LogP contribution in [0.25, 0.3) is 0 Å². The number of ether oxygens (including phenoxy) is 1. The van der Waals surface area contributed by atoms with Gasteiger partial charge in [-0.2, -0.15) is 0 Å². The van der Waals surface area contributed by atoms with Gasteiger partial charge in [-0.25, -0.2) is 0 Å². The van der Waals surface area contributed by atoms with Gasteiger partial charge in [0.25, 0.3) is 0 Å². The Morgan fingerprint density at radius 3 is 2.46 bits per heavy atom. The van der Waals surface area contributed by atoms with Gasteiger partial charge in [0.1, 0.15) is 5.75 Å². The predicted octanol–water partition coefficient (Wildman–Crippen LogP) is 3.35. The highest BCUT2D eigenvalue weighted by atomic mass is 32.2. The number of hydrogen-bond donors (Lipinski definition) is 2. The average molecular weight is 405 g/mol. The van der Waals surface area contributed by atoms with E-state index in [1.54, 1.807) is 0 Å². The number of pyridine rings is 1. The molecule has 0 aliphatic carbocycles. The minimum atomic E-state index is -1.44. The maximum Gasteiger partial charge on any atom is 0.237 e. The summed E-state index contributed by atoms with van der Waals surface area (Å²) >= 11 is 0. The molecule has 1 amide bonds. The van der Waals surface area contributed by atoms with Gasteiger partial charge in [0.05, 0.1) is 12.4 Å². The molecule has 7 heteroatoms. The first-order valence-electron chi connectivity index (χ1n) is 9.29. The number of H-pyrrole nitrogens is 1. The summed E-state index contributed by atoms with van der Waals surface area (Å²) in [6.07, 6.45) is 2.28. The summed E-state index contributed by atoms with van der Waals surface area (Å²) in [5.41, 5.74) is 2.13. The molecule has 1 atom stereocenters. The lowest BCUT2D eigenvalue weighted by atomic mass is 9.87. The number of hydrogen-bond acceptors (Lipinski definition) is 4. The van der Waals surface area contributed by atoms with E-state index in [1.807, 2.05) is 31.2 Å². The van der Waals surface area contributed by atoms with Crippen molar-refractivity contribution in [2.75, 3.05) is 17.7 Å². The molecule has 0 aliphatic heterocycles. The van der Waals surface area contributed by atoms with Crippen molar-refractivity contribution in [3.05, 3.63) is 58.0 Å². The van der Waals surface area contributed by atoms with Gasteiger partial charge < -0.3 is 15.0 Å². The van der Waals surface area contributed by atoms with Crippen molar-refractivity contribution in [1.82, 2.24) is 4.98 Å². The van der Waals surface area contributed by atoms with Gasteiger partial charge in [-0.05, 0) is 29.5 Å². The maximum atomic E-state index is 12.3. The Balaban J connectivity index is 1.89. The normalized spacial score (nSPS) is 12.4. The zero-order valence-electron chi connectivity index (χ0n) is 16.8. The zero-order chi connectivity index (χ0) is 20.7. The predicted molar refractivity (Wildman–Crippen MR) is 113 cm³/mol. The third-order valence-electron chi connectivity index (χ3n) is 4.04. The van der Waals surface area contributed by atoms with Crippen LogP contribution in [0, 0.1) is 0 Å². The van der Waals surface area contributed by atoms with Crippen LogP contribution in [0.1, 0.15) is 45.4 Å². The zero-order valence-corrected chi connectivity index (χ0v) is 17.7. The minimum Gasteiger partial charge on any atom is -0.488 e. The van der Waals surface area contributed by atoms with Crippen LogP contribution < -0.4 is 15.5 Å². The Morgan fingerprint density at radius 2 is 1.89 bits per heavy atom. The molecule has 0 radical (unpaired) electrons. The van der Waals surface area contributed by atoms with Gasteiger partial charge in [-0.1, -0.05) is 39.8 Å². The first-order valence-corrected chi connectivity index (χ1v) is 10.8. The SMILES string of the molecule is CCCOc1c[nH]c(CS(=O)CC(=O)Nc2ccc(C(C)(C)C)cc2)cc1=O. The molecule has 0 fully saturated rings. The number of aromatic amines is 1. The van der Waals surface area contributed by atoms with E-state index in [0.29, 0.717) is 18.0 Å². The molecule has 0 bridgehead atoms. The number of aromatic nitrogens is 1. The monoisotopic (exact) mass is 404 g/mol. The van der Waals surface area contributed by atoms with Crippen molar-refractivity contribution in [3.8, 4) is 5.75 Å². The molecular formula is C21H28N2O4S. The van der Waals surface area contributed by atoms with Gasteiger partial charge in [-0.3, -0.25) is 13.8 Å². The number of amides is 1. The van der Waals surface area contributed by atoms with Crippen LogP contribution in [0.4, 0.5) is 5.69 Å². The summed E-state index contributed by atoms with van der Waals surface area (Å²) < 4.78 is 17.6. The van der Waals surface area contributed by atoms with Gasteiger partial charge in [-0.15, -0.1) is 0 Å². The van der Waals surface area contributed by atoms with Crippen LogP contribution in [0.5, 0.6) is 5.75 Å². The lowest BCUT2D eigenvalue weighted by molar-refractivity contribution is -0.113. The lowest BCUT2D eigenvalue weighted by Gasteiger charge is -2.19. The summed E-state index contributed by atoms with van der Waals surface area (Å²) in [7, 11) is -1.44. The van der Waals surface area contributed by atoms with Crippen LogP contribution in [0.2, 0.25) is 0 Å². The molecule has 0 saturated heterocycles. The highest BCUT2D eigenvalue weighted by molar-refractivity contribution is 7.84. The van der Waals surface area contributed by atoms with E-state index in [2.05, 4.69) is 31.1 Å². The van der Waals surface area contributed by atoms with Gasteiger partial charge in [0.2, 0.25) is 11.3 Å². The molecule has 1 aromatic carbocycles. The largest absolute Gasteiger partial charge is 0.488 e. The first kappa shape index (κ1) is 21.9. The lowest BCUT2D eigenvalue weighted by Crippen LogP contribution is -2.21. The molecular weight excluding hydrogens is 376 g/mol. The summed E-state index contributed by atoms with van der Waals surface area (Å²) in [6, 6.07) is 8.99. The number of benzene rings is 1. The van der Waals surface area contributed by atoms with Crippen molar-refractivity contribution < 1.29 is 13.7 Å². The molecule has 1 unspecified atom stereocenters. The molecule has 2 N–H and O–H groups in total. The van der Waals surface area contributed by atoms with Crippen molar-refractivity contribution in [2.45, 2.75) is 45.3 Å². The Hall–Kier alpha value is -2.41. The van der Waals surface area contributed by atoms with E-state index in [4.69, 9.17) is 4.74 Å². The van der Waals surface area contributed by atoms with Gasteiger partial charge >= 0.3 is 0 Å². The average Bonchev–Trinajstić information content (AvgIpc) is 2.60. The number of carbonyl (C=O) groups excluding carboxylic acids is 1. The van der Waals surface area contributed by atoms with E-state index in [-0.39, 0.29) is 34.0 Å². The number of carbonyl (C=O) groups is 1. The molecule has 6 nitrogen and oxygen atoms in total. The van der Waals surface area contributed by atoms with E-state index < -0.39 is 10.8 Å². The number of rotatable bonds is 8. The molecule has 28 heavy (non-hydrogen) atoms. The molecule has 2 aromatic rings. The highest BCUT2D eigenvalue weighted by Gasteiger charge is 2.14. The van der Waals surface area contributed by atoms with Crippen molar-refractivity contribution in [3.63, 3.8) is 0 Å². The second-order valence-corrected chi connectivity index (χ2v) is 9.10. The topological polar surface area (TPSA) is 88.3 Å². The molecule has 1 heterocycles. The third kappa shape index (κ3) is 6.64. The fraction of sp³-hybridized carbons (Fsp3) is 0.429. The van der Waals surface area contributed by atoms with E-state index in [0.717, 1.165) is 6.42 Å². The Labute approximate surface area is 168 Å². The van der Waals surface area contributed by atoms with Crippen LogP contribution in [0.3, 0.4) is 0 Å². The molecule has 1 aromatic heterocycles. The van der Waals surface area contributed by atoms with Crippen LogP contribution in [-0.4, -0.2) is 27.5 Å². The van der Waals surface area contributed by atoms with Crippen LogP contribution in [-0.2, 0) is 26.8 Å². The highest BCUT2D eigenvalue weighted by Crippen LogP contribution is 2.23.